The van der Waals surface area contributed by atoms with E-state index >= 15 is 0 Å². The predicted octanol–water partition coefficient (Wildman–Crippen LogP) is 3.54. The van der Waals surface area contributed by atoms with E-state index in [9.17, 15) is 10.1 Å². The second kappa shape index (κ2) is 6.27. The molecule has 2 aliphatic heterocycles. The summed E-state index contributed by atoms with van der Waals surface area (Å²) in [5.74, 6) is 0.360. The lowest BCUT2D eigenvalue weighted by atomic mass is 9.81. The molecule has 1 saturated heterocycles. The van der Waals surface area contributed by atoms with Crippen LogP contribution in [0.4, 0.5) is 5.69 Å². The van der Waals surface area contributed by atoms with Gasteiger partial charge in [0.2, 0.25) is 5.75 Å². The summed E-state index contributed by atoms with van der Waals surface area (Å²) in [7, 11) is 2.12. The molecule has 1 aromatic rings. The first-order valence-electron chi connectivity index (χ1n) is 8.81. The van der Waals surface area contributed by atoms with Crippen LogP contribution in [0.3, 0.4) is 0 Å². The summed E-state index contributed by atoms with van der Waals surface area (Å²) in [6.45, 7) is 3.77. The fraction of sp³-hybridized carbons (Fsp3) is 0.556. The van der Waals surface area contributed by atoms with Crippen molar-refractivity contribution in [2.45, 2.75) is 31.4 Å². The Kier molecular flexibility index (Phi) is 4.22. The van der Waals surface area contributed by atoms with Crippen molar-refractivity contribution >= 4 is 23.4 Å². The molecule has 134 valence electrons. The molecular weight excluding hydrogens is 342 g/mol. The van der Waals surface area contributed by atoms with Crippen LogP contribution in [0, 0.1) is 10.1 Å². The smallest absolute Gasteiger partial charge is 0.313 e. The van der Waals surface area contributed by atoms with E-state index in [2.05, 4.69) is 22.9 Å². The van der Waals surface area contributed by atoms with Crippen molar-refractivity contribution in [1.82, 2.24) is 9.80 Å². The number of rotatable bonds is 2. The van der Waals surface area contributed by atoms with E-state index in [0.717, 1.165) is 57.4 Å². The summed E-state index contributed by atoms with van der Waals surface area (Å²) in [5.41, 5.74) is 1.37. The van der Waals surface area contributed by atoms with E-state index in [0.29, 0.717) is 10.8 Å². The Bertz CT molecular complexity index is 743. The minimum atomic E-state index is -0.537. The lowest BCUT2D eigenvalue weighted by molar-refractivity contribution is -0.386. The summed E-state index contributed by atoms with van der Waals surface area (Å²) >= 11 is 6.10. The van der Waals surface area contributed by atoms with Crippen LogP contribution in [-0.2, 0) is 0 Å². The van der Waals surface area contributed by atoms with Crippen molar-refractivity contribution in [3.63, 3.8) is 0 Å². The van der Waals surface area contributed by atoms with Gasteiger partial charge in [-0.05, 0) is 44.0 Å². The molecule has 0 spiro atoms. The van der Waals surface area contributed by atoms with Gasteiger partial charge in [-0.3, -0.25) is 15.0 Å². The quantitative estimate of drug-likeness (QED) is 0.594. The summed E-state index contributed by atoms with van der Waals surface area (Å²) in [5, 5.41) is 11.9. The zero-order chi connectivity index (χ0) is 17.6. The highest BCUT2D eigenvalue weighted by Gasteiger charge is 2.48. The van der Waals surface area contributed by atoms with Crippen molar-refractivity contribution in [2.24, 2.45) is 0 Å². The molecule has 0 unspecified atom stereocenters. The molecule has 7 heteroatoms. The fourth-order valence-electron chi connectivity index (χ4n) is 4.24. The largest absolute Gasteiger partial charge is 0.461 e. The van der Waals surface area contributed by atoms with Crippen LogP contribution in [0.2, 0.25) is 5.02 Å². The number of benzene rings is 1. The molecule has 4 rings (SSSR count). The first kappa shape index (κ1) is 16.8. The van der Waals surface area contributed by atoms with Crippen molar-refractivity contribution < 1.29 is 9.66 Å². The number of nitrogens with zero attached hydrogens (tertiary/aromatic N) is 3. The summed E-state index contributed by atoms with van der Waals surface area (Å²) < 4.78 is 6.48. The van der Waals surface area contributed by atoms with Gasteiger partial charge in [0, 0.05) is 49.3 Å². The zero-order valence-corrected chi connectivity index (χ0v) is 15.1. The van der Waals surface area contributed by atoms with E-state index in [1.807, 2.05) is 0 Å². The molecule has 6 nitrogen and oxygen atoms in total. The highest BCUT2D eigenvalue weighted by atomic mass is 35.5. The van der Waals surface area contributed by atoms with Crippen LogP contribution in [0.5, 0.6) is 5.75 Å². The molecule has 25 heavy (non-hydrogen) atoms. The third kappa shape index (κ3) is 2.82. The first-order chi connectivity index (χ1) is 12.0. The monoisotopic (exact) mass is 363 g/mol. The van der Waals surface area contributed by atoms with Gasteiger partial charge in [-0.2, -0.15) is 0 Å². The number of ether oxygens (including phenoxy) is 1. The molecule has 1 saturated carbocycles. The third-order valence-electron chi connectivity index (χ3n) is 5.59. The number of likely N-dealkylation sites (N-methyl/N-ethyl adjacent to an activating group) is 1. The average Bonchev–Trinajstić information content (AvgIpc) is 2.59. The standard InChI is InChI=1S/C18H22ClN3O3/c1-20-6-8-21(9-7-20)18-5-3-2-4-14(18)10-13-11-15(19)12-16(22(23)24)17(13)25-18/h10-12H,2-9H2,1H3/t18-/m1/s1. The van der Waals surface area contributed by atoms with Crippen molar-refractivity contribution in [2.75, 3.05) is 33.2 Å². The average molecular weight is 364 g/mol. The Hall–Kier alpha value is -1.63. The number of hydrogen-bond acceptors (Lipinski definition) is 5. The molecule has 3 aliphatic rings. The van der Waals surface area contributed by atoms with E-state index in [1.165, 1.54) is 11.6 Å². The summed E-state index contributed by atoms with van der Waals surface area (Å²) in [6, 6.07) is 3.15. The van der Waals surface area contributed by atoms with Crippen molar-refractivity contribution in [1.29, 1.82) is 0 Å². The molecule has 0 amide bonds. The van der Waals surface area contributed by atoms with Gasteiger partial charge in [-0.25, -0.2) is 0 Å². The third-order valence-corrected chi connectivity index (χ3v) is 5.81. The predicted molar refractivity (Wildman–Crippen MR) is 97.0 cm³/mol. The number of hydrogen-bond donors (Lipinski definition) is 0. The molecule has 1 aromatic carbocycles. The molecule has 0 bridgehead atoms. The Morgan fingerprint density at radius 3 is 2.72 bits per heavy atom. The summed E-state index contributed by atoms with van der Waals surface area (Å²) in [4.78, 5) is 15.8. The van der Waals surface area contributed by atoms with Gasteiger partial charge in [-0.15, -0.1) is 0 Å². The Labute approximate surface area is 152 Å². The van der Waals surface area contributed by atoms with Gasteiger partial charge in [0.05, 0.1) is 4.92 Å². The van der Waals surface area contributed by atoms with Crippen LogP contribution < -0.4 is 4.74 Å². The molecule has 1 atom stereocenters. The first-order valence-corrected chi connectivity index (χ1v) is 9.19. The Balaban J connectivity index is 1.80. The lowest BCUT2D eigenvalue weighted by Gasteiger charge is -2.51. The number of nitro groups is 1. The van der Waals surface area contributed by atoms with Crippen LogP contribution >= 0.6 is 11.6 Å². The van der Waals surface area contributed by atoms with Crippen LogP contribution in [0.25, 0.3) is 6.08 Å². The Morgan fingerprint density at radius 1 is 1.24 bits per heavy atom. The second-order valence-electron chi connectivity index (χ2n) is 7.15. The minimum Gasteiger partial charge on any atom is -0.461 e. The Morgan fingerprint density at radius 2 is 2.00 bits per heavy atom. The fourth-order valence-corrected chi connectivity index (χ4v) is 4.46. The molecule has 0 radical (unpaired) electrons. The van der Waals surface area contributed by atoms with Crippen molar-refractivity contribution in [3.05, 3.63) is 38.4 Å². The SMILES string of the molecule is CN1CCN([C@@]23CCCCC2=Cc2cc(Cl)cc([N+](=O)[O-])c2O3)CC1. The molecule has 2 heterocycles. The highest BCUT2D eigenvalue weighted by Crippen LogP contribution is 2.49. The van der Waals surface area contributed by atoms with Crippen LogP contribution in [-0.4, -0.2) is 53.7 Å². The van der Waals surface area contributed by atoms with Crippen molar-refractivity contribution in [3.8, 4) is 5.75 Å². The molecule has 2 fully saturated rings. The van der Waals surface area contributed by atoms with E-state index in [-0.39, 0.29) is 5.69 Å². The maximum atomic E-state index is 11.5. The number of piperazine rings is 1. The van der Waals surface area contributed by atoms with Gasteiger partial charge in [-0.1, -0.05) is 11.6 Å². The molecule has 0 N–H and O–H groups in total. The van der Waals surface area contributed by atoms with Crippen LogP contribution in [0.1, 0.15) is 31.2 Å². The van der Waals surface area contributed by atoms with E-state index in [1.54, 1.807) is 6.07 Å². The maximum absolute atomic E-state index is 11.5. The minimum absolute atomic E-state index is 0.0446. The number of fused-ring (bicyclic) bond motifs is 2. The highest BCUT2D eigenvalue weighted by molar-refractivity contribution is 6.31. The van der Waals surface area contributed by atoms with Gasteiger partial charge in [0.25, 0.3) is 0 Å². The van der Waals surface area contributed by atoms with Crippen LogP contribution in [0.15, 0.2) is 17.7 Å². The molecule has 0 aromatic heterocycles. The van der Waals surface area contributed by atoms with E-state index < -0.39 is 10.6 Å². The number of nitro benzene ring substituents is 1. The van der Waals surface area contributed by atoms with Gasteiger partial charge >= 0.3 is 5.69 Å². The maximum Gasteiger partial charge on any atom is 0.313 e. The van der Waals surface area contributed by atoms with E-state index in [4.69, 9.17) is 16.3 Å². The number of halogens is 1. The normalized spacial score (nSPS) is 27.0. The summed E-state index contributed by atoms with van der Waals surface area (Å²) in [6.07, 6.45) is 6.12. The van der Waals surface area contributed by atoms with Gasteiger partial charge < -0.3 is 9.64 Å². The topological polar surface area (TPSA) is 58.9 Å². The lowest BCUT2D eigenvalue weighted by Crippen LogP contribution is -2.61. The zero-order valence-electron chi connectivity index (χ0n) is 14.3. The molecular formula is C18H22ClN3O3. The van der Waals surface area contributed by atoms with Gasteiger partial charge in [0.15, 0.2) is 5.72 Å². The van der Waals surface area contributed by atoms with Gasteiger partial charge in [0.1, 0.15) is 0 Å². The second-order valence-corrected chi connectivity index (χ2v) is 7.59. The molecule has 1 aliphatic carbocycles.